The Morgan fingerprint density at radius 2 is 2.00 bits per heavy atom. The number of aliphatic hydroxyl groups is 1. The number of hydrogen-bond acceptors (Lipinski definition) is 6. The summed E-state index contributed by atoms with van der Waals surface area (Å²) in [4.78, 5) is 21.0. The average molecular weight is 324 g/mol. The molecule has 6 nitrogen and oxygen atoms in total. The van der Waals surface area contributed by atoms with Gasteiger partial charge in [0.25, 0.3) is 0 Å². The summed E-state index contributed by atoms with van der Waals surface area (Å²) in [6, 6.07) is 0. The van der Waals surface area contributed by atoms with Gasteiger partial charge in [-0.3, -0.25) is 14.6 Å². The number of carbonyl (C=O) groups excluding carboxylic acids is 1. The molecular formula is C15H24N4O2S. The standard InChI is InChI=1S/C15H24N4O2S/c20-13-3-7-19(8-4-13)10-14(21)17-15-16-12(11-22-15)9-18-5-1-2-6-18/h11,13,20H,1-10H2,(H,16,17,21). The first-order valence-electron chi connectivity index (χ1n) is 8.06. The van der Waals surface area contributed by atoms with Gasteiger partial charge in [-0.1, -0.05) is 0 Å². The monoisotopic (exact) mass is 324 g/mol. The SMILES string of the molecule is O=C(CN1CCC(O)CC1)Nc1nc(CN2CCCC2)cs1. The lowest BCUT2D eigenvalue weighted by molar-refractivity contribution is -0.117. The molecule has 0 aromatic carbocycles. The van der Waals surface area contributed by atoms with Crippen molar-refractivity contribution in [2.75, 3.05) is 38.0 Å². The molecule has 1 aromatic heterocycles. The van der Waals surface area contributed by atoms with Gasteiger partial charge in [-0.2, -0.15) is 0 Å². The summed E-state index contributed by atoms with van der Waals surface area (Å²) < 4.78 is 0. The fourth-order valence-corrected chi connectivity index (χ4v) is 3.76. The lowest BCUT2D eigenvalue weighted by Crippen LogP contribution is -2.40. The zero-order valence-electron chi connectivity index (χ0n) is 12.8. The largest absolute Gasteiger partial charge is 0.393 e. The average Bonchev–Trinajstić information content (AvgIpc) is 3.14. The van der Waals surface area contributed by atoms with Crippen molar-refractivity contribution in [2.45, 2.75) is 38.3 Å². The van der Waals surface area contributed by atoms with E-state index in [-0.39, 0.29) is 12.0 Å². The highest BCUT2D eigenvalue weighted by Crippen LogP contribution is 2.19. The van der Waals surface area contributed by atoms with Crippen LogP contribution >= 0.6 is 11.3 Å². The van der Waals surface area contributed by atoms with E-state index in [4.69, 9.17) is 0 Å². The second-order valence-electron chi connectivity index (χ2n) is 6.18. The summed E-state index contributed by atoms with van der Waals surface area (Å²) in [7, 11) is 0. The molecule has 2 fully saturated rings. The van der Waals surface area contributed by atoms with E-state index in [9.17, 15) is 9.90 Å². The summed E-state index contributed by atoms with van der Waals surface area (Å²) in [6.07, 6.45) is 3.86. The Kier molecular flexibility index (Phi) is 5.41. The van der Waals surface area contributed by atoms with Crippen molar-refractivity contribution in [1.29, 1.82) is 0 Å². The molecule has 0 aliphatic carbocycles. The molecule has 0 spiro atoms. The molecule has 7 heteroatoms. The van der Waals surface area contributed by atoms with Gasteiger partial charge in [-0.15, -0.1) is 11.3 Å². The fraction of sp³-hybridized carbons (Fsp3) is 0.733. The van der Waals surface area contributed by atoms with Crippen molar-refractivity contribution < 1.29 is 9.90 Å². The third kappa shape index (κ3) is 4.49. The van der Waals surface area contributed by atoms with Crippen molar-refractivity contribution in [3.8, 4) is 0 Å². The Hall–Kier alpha value is -1.02. The number of rotatable bonds is 5. The molecule has 0 unspecified atom stereocenters. The van der Waals surface area contributed by atoms with Crippen LogP contribution in [0, 0.1) is 0 Å². The molecule has 0 atom stereocenters. The van der Waals surface area contributed by atoms with E-state index in [1.54, 1.807) is 0 Å². The van der Waals surface area contributed by atoms with Crippen LogP contribution in [0.5, 0.6) is 0 Å². The third-order valence-electron chi connectivity index (χ3n) is 4.31. The van der Waals surface area contributed by atoms with Gasteiger partial charge in [0, 0.05) is 25.0 Å². The van der Waals surface area contributed by atoms with Crippen LogP contribution in [-0.2, 0) is 11.3 Å². The minimum atomic E-state index is -0.202. The summed E-state index contributed by atoms with van der Waals surface area (Å²) in [5.74, 6) is -0.0153. The quantitative estimate of drug-likeness (QED) is 0.850. The van der Waals surface area contributed by atoms with E-state index in [2.05, 4.69) is 20.1 Å². The normalized spacial score (nSPS) is 21.3. The van der Waals surface area contributed by atoms with E-state index in [1.165, 1.54) is 24.2 Å². The number of carbonyl (C=O) groups is 1. The van der Waals surface area contributed by atoms with E-state index in [1.807, 2.05) is 5.38 Å². The topological polar surface area (TPSA) is 68.7 Å². The van der Waals surface area contributed by atoms with Crippen LogP contribution in [0.1, 0.15) is 31.4 Å². The number of aromatic nitrogens is 1. The lowest BCUT2D eigenvalue weighted by Gasteiger charge is -2.28. The van der Waals surface area contributed by atoms with Crippen LogP contribution in [-0.4, -0.2) is 64.6 Å². The number of likely N-dealkylation sites (tertiary alicyclic amines) is 2. The molecule has 0 radical (unpaired) electrons. The summed E-state index contributed by atoms with van der Waals surface area (Å²) in [5.41, 5.74) is 1.04. The number of piperidine rings is 1. The number of nitrogens with zero attached hydrogens (tertiary/aromatic N) is 3. The first-order valence-corrected chi connectivity index (χ1v) is 8.94. The molecule has 3 rings (SSSR count). The highest BCUT2D eigenvalue weighted by atomic mass is 32.1. The maximum atomic E-state index is 12.1. The Bertz CT molecular complexity index is 493. The predicted octanol–water partition coefficient (Wildman–Crippen LogP) is 1.13. The number of thiazole rings is 1. The molecule has 2 N–H and O–H groups in total. The van der Waals surface area contributed by atoms with Gasteiger partial charge in [0.2, 0.25) is 5.91 Å². The fourth-order valence-electron chi connectivity index (χ4n) is 3.05. The molecule has 2 aliphatic rings. The molecule has 1 amide bonds. The Morgan fingerprint density at radius 1 is 1.27 bits per heavy atom. The van der Waals surface area contributed by atoms with Crippen molar-refractivity contribution >= 4 is 22.4 Å². The number of amides is 1. The van der Waals surface area contributed by atoms with Crippen LogP contribution in [0.15, 0.2) is 5.38 Å². The maximum absolute atomic E-state index is 12.1. The van der Waals surface area contributed by atoms with Gasteiger partial charge in [-0.25, -0.2) is 4.98 Å². The molecule has 0 bridgehead atoms. The van der Waals surface area contributed by atoms with Gasteiger partial charge < -0.3 is 10.4 Å². The highest BCUT2D eigenvalue weighted by molar-refractivity contribution is 7.13. The van der Waals surface area contributed by atoms with Crippen LogP contribution in [0.25, 0.3) is 0 Å². The molecule has 122 valence electrons. The first-order chi connectivity index (χ1) is 10.7. The zero-order chi connectivity index (χ0) is 15.4. The van der Waals surface area contributed by atoms with Crippen molar-refractivity contribution in [2.24, 2.45) is 0 Å². The number of nitrogens with one attached hydrogen (secondary N) is 1. The summed E-state index contributed by atoms with van der Waals surface area (Å²) in [5, 5.41) is 15.1. The second kappa shape index (κ2) is 7.50. The lowest BCUT2D eigenvalue weighted by atomic mass is 10.1. The summed E-state index contributed by atoms with van der Waals surface area (Å²) in [6.45, 7) is 5.14. The molecule has 22 heavy (non-hydrogen) atoms. The first kappa shape index (κ1) is 15.9. The minimum absolute atomic E-state index is 0.0153. The van der Waals surface area contributed by atoms with Crippen LogP contribution in [0.3, 0.4) is 0 Å². The van der Waals surface area contributed by atoms with Crippen molar-refractivity contribution in [1.82, 2.24) is 14.8 Å². The van der Waals surface area contributed by atoms with Crippen LogP contribution in [0.2, 0.25) is 0 Å². The van der Waals surface area contributed by atoms with Gasteiger partial charge in [0.15, 0.2) is 5.13 Å². The Balaban J connectivity index is 1.44. The van der Waals surface area contributed by atoms with E-state index >= 15 is 0 Å². The van der Waals surface area contributed by atoms with E-state index < -0.39 is 0 Å². The number of hydrogen-bond donors (Lipinski definition) is 2. The Morgan fingerprint density at radius 3 is 2.73 bits per heavy atom. The summed E-state index contributed by atoms with van der Waals surface area (Å²) >= 11 is 1.50. The van der Waals surface area contributed by atoms with Crippen molar-refractivity contribution in [3.63, 3.8) is 0 Å². The van der Waals surface area contributed by atoms with Gasteiger partial charge in [0.05, 0.1) is 18.3 Å². The molecule has 0 saturated carbocycles. The molecule has 3 heterocycles. The molecule has 2 aliphatic heterocycles. The third-order valence-corrected chi connectivity index (χ3v) is 5.11. The van der Waals surface area contributed by atoms with Gasteiger partial charge in [0.1, 0.15) is 0 Å². The van der Waals surface area contributed by atoms with Gasteiger partial charge in [-0.05, 0) is 38.8 Å². The van der Waals surface area contributed by atoms with Crippen molar-refractivity contribution in [3.05, 3.63) is 11.1 Å². The van der Waals surface area contributed by atoms with E-state index in [0.717, 1.165) is 51.3 Å². The number of aliphatic hydroxyl groups excluding tert-OH is 1. The highest BCUT2D eigenvalue weighted by Gasteiger charge is 2.19. The molecule has 1 aromatic rings. The number of anilines is 1. The predicted molar refractivity (Wildman–Crippen MR) is 86.9 cm³/mol. The minimum Gasteiger partial charge on any atom is -0.393 e. The maximum Gasteiger partial charge on any atom is 0.240 e. The van der Waals surface area contributed by atoms with Crippen LogP contribution < -0.4 is 5.32 Å². The van der Waals surface area contributed by atoms with E-state index in [0.29, 0.717) is 11.7 Å². The zero-order valence-corrected chi connectivity index (χ0v) is 13.6. The van der Waals surface area contributed by atoms with Crippen LogP contribution in [0.4, 0.5) is 5.13 Å². The second-order valence-corrected chi connectivity index (χ2v) is 7.04. The molecular weight excluding hydrogens is 300 g/mol. The van der Waals surface area contributed by atoms with Gasteiger partial charge >= 0.3 is 0 Å². The Labute approximate surface area is 135 Å². The smallest absolute Gasteiger partial charge is 0.240 e. The molecule has 2 saturated heterocycles.